The Bertz CT molecular complexity index is 368. The highest BCUT2D eigenvalue weighted by Gasteiger charge is 2.16. The first kappa shape index (κ1) is 15.4. The molecule has 1 heterocycles. The highest BCUT2D eigenvalue weighted by Crippen LogP contribution is 2.21. The van der Waals surface area contributed by atoms with Crippen LogP contribution in [0.25, 0.3) is 0 Å². The molecule has 1 rings (SSSR count). The topological polar surface area (TPSA) is 59.3 Å². The van der Waals surface area contributed by atoms with Crippen LogP contribution in [0.1, 0.15) is 18.3 Å². The van der Waals surface area contributed by atoms with Gasteiger partial charge in [-0.15, -0.1) is 0 Å². The zero-order chi connectivity index (χ0) is 13.5. The molecule has 0 aliphatic carbocycles. The first-order chi connectivity index (χ1) is 8.60. The summed E-state index contributed by atoms with van der Waals surface area (Å²) in [4.78, 5) is 0. The van der Waals surface area contributed by atoms with E-state index < -0.39 is 6.10 Å². The van der Waals surface area contributed by atoms with Crippen molar-refractivity contribution in [2.24, 2.45) is 0 Å². The van der Waals surface area contributed by atoms with E-state index in [1.165, 1.54) is 0 Å². The molecule has 0 aliphatic heterocycles. The van der Waals surface area contributed by atoms with E-state index in [1.54, 1.807) is 7.11 Å². The Balaban J connectivity index is 2.50. The third kappa shape index (κ3) is 4.24. The number of aliphatic hydroxyl groups is 1. The maximum absolute atomic E-state index is 9.95. The molecule has 0 aliphatic rings. The number of hydrogen-bond acceptors (Lipinski definition) is 4. The average Bonchev–Trinajstić information content (AvgIpc) is 2.62. The summed E-state index contributed by atoms with van der Waals surface area (Å²) in [5.74, 6) is 0. The number of nitrogens with one attached hydrogen (secondary N) is 1. The van der Waals surface area contributed by atoms with Crippen molar-refractivity contribution in [2.75, 3.05) is 26.8 Å². The van der Waals surface area contributed by atoms with Crippen molar-refractivity contribution in [2.45, 2.75) is 32.9 Å². The second kappa shape index (κ2) is 7.74. The minimum Gasteiger partial charge on any atom is -0.391 e. The van der Waals surface area contributed by atoms with Gasteiger partial charge in [-0.05, 0) is 13.8 Å². The number of halogens is 1. The fourth-order valence-electron chi connectivity index (χ4n) is 1.80. The zero-order valence-corrected chi connectivity index (χ0v) is 12.0. The van der Waals surface area contributed by atoms with E-state index in [-0.39, 0.29) is 0 Å². The van der Waals surface area contributed by atoms with Crippen molar-refractivity contribution in [3.05, 3.63) is 16.4 Å². The smallest absolute Gasteiger partial charge is 0.0848 e. The molecule has 2 N–H and O–H groups in total. The van der Waals surface area contributed by atoms with Crippen molar-refractivity contribution in [3.8, 4) is 0 Å². The lowest BCUT2D eigenvalue weighted by Crippen LogP contribution is -2.31. The Morgan fingerprint density at radius 3 is 2.89 bits per heavy atom. The monoisotopic (exact) mass is 275 g/mol. The average molecular weight is 276 g/mol. The van der Waals surface area contributed by atoms with Gasteiger partial charge in [-0.25, -0.2) is 0 Å². The summed E-state index contributed by atoms with van der Waals surface area (Å²) in [5.41, 5.74) is 1.71. The minimum absolute atomic E-state index is 0.472. The van der Waals surface area contributed by atoms with Crippen LogP contribution in [0, 0.1) is 6.92 Å². The van der Waals surface area contributed by atoms with Crippen LogP contribution in [0.2, 0.25) is 5.02 Å². The maximum Gasteiger partial charge on any atom is 0.0848 e. The van der Waals surface area contributed by atoms with Crippen molar-refractivity contribution in [1.82, 2.24) is 15.1 Å². The van der Waals surface area contributed by atoms with E-state index in [0.29, 0.717) is 24.6 Å². The predicted octanol–water partition coefficient (Wildman–Crippen LogP) is 1.00. The van der Waals surface area contributed by atoms with Crippen LogP contribution in [0.4, 0.5) is 0 Å². The SMILES string of the molecule is CCn1nc(C)c(Cl)c1CC(O)CNCCOC. The third-order valence-electron chi connectivity index (χ3n) is 2.74. The number of aryl methyl sites for hydroxylation is 2. The van der Waals surface area contributed by atoms with Gasteiger partial charge in [0.25, 0.3) is 0 Å². The van der Waals surface area contributed by atoms with E-state index in [9.17, 15) is 5.11 Å². The lowest BCUT2D eigenvalue weighted by Gasteiger charge is -2.13. The molecule has 1 aromatic heterocycles. The summed E-state index contributed by atoms with van der Waals surface area (Å²) in [6.07, 6.45) is 0.0359. The molecule has 0 bridgehead atoms. The Labute approximate surface area is 113 Å². The lowest BCUT2D eigenvalue weighted by molar-refractivity contribution is 0.158. The van der Waals surface area contributed by atoms with Gasteiger partial charge in [0, 0.05) is 33.2 Å². The summed E-state index contributed by atoms with van der Waals surface area (Å²) in [5, 5.41) is 18.1. The second-order valence-corrected chi connectivity index (χ2v) is 4.59. The minimum atomic E-state index is -0.472. The largest absolute Gasteiger partial charge is 0.391 e. The Morgan fingerprint density at radius 2 is 2.28 bits per heavy atom. The quantitative estimate of drug-likeness (QED) is 0.695. The van der Waals surface area contributed by atoms with Crippen LogP contribution >= 0.6 is 11.6 Å². The first-order valence-electron chi connectivity index (χ1n) is 6.19. The molecule has 18 heavy (non-hydrogen) atoms. The Hall–Kier alpha value is -0.620. The van der Waals surface area contributed by atoms with Gasteiger partial charge in [-0.3, -0.25) is 4.68 Å². The molecule has 0 fully saturated rings. The van der Waals surface area contributed by atoms with Gasteiger partial charge < -0.3 is 15.2 Å². The fourth-order valence-corrected chi connectivity index (χ4v) is 2.01. The van der Waals surface area contributed by atoms with Gasteiger partial charge in [0.05, 0.1) is 29.1 Å². The molecule has 0 saturated heterocycles. The van der Waals surface area contributed by atoms with Crippen molar-refractivity contribution in [3.63, 3.8) is 0 Å². The van der Waals surface area contributed by atoms with E-state index in [1.807, 2.05) is 18.5 Å². The molecule has 104 valence electrons. The molecular weight excluding hydrogens is 254 g/mol. The van der Waals surface area contributed by atoms with E-state index >= 15 is 0 Å². The number of methoxy groups -OCH3 is 1. The Kier molecular flexibility index (Phi) is 6.63. The van der Waals surface area contributed by atoms with Gasteiger partial charge in [0.2, 0.25) is 0 Å². The number of aliphatic hydroxyl groups excluding tert-OH is 1. The van der Waals surface area contributed by atoms with Crippen LogP contribution < -0.4 is 5.32 Å². The second-order valence-electron chi connectivity index (χ2n) is 4.22. The van der Waals surface area contributed by atoms with Crippen LogP contribution in [0.15, 0.2) is 0 Å². The molecule has 0 radical (unpaired) electrons. The maximum atomic E-state index is 9.95. The van der Waals surface area contributed by atoms with E-state index in [0.717, 1.165) is 24.5 Å². The normalized spacial score (nSPS) is 12.9. The van der Waals surface area contributed by atoms with Crippen LogP contribution in [0.5, 0.6) is 0 Å². The molecular formula is C12H22ClN3O2. The Morgan fingerprint density at radius 1 is 1.56 bits per heavy atom. The molecule has 0 spiro atoms. The zero-order valence-electron chi connectivity index (χ0n) is 11.2. The summed E-state index contributed by atoms with van der Waals surface area (Å²) >= 11 is 6.19. The van der Waals surface area contributed by atoms with Crippen LogP contribution in [-0.4, -0.2) is 47.8 Å². The lowest BCUT2D eigenvalue weighted by atomic mass is 10.2. The summed E-state index contributed by atoms with van der Waals surface area (Å²) in [6.45, 7) is 6.53. The van der Waals surface area contributed by atoms with Gasteiger partial charge >= 0.3 is 0 Å². The fraction of sp³-hybridized carbons (Fsp3) is 0.750. The van der Waals surface area contributed by atoms with Crippen LogP contribution in [-0.2, 0) is 17.7 Å². The van der Waals surface area contributed by atoms with Crippen molar-refractivity contribution < 1.29 is 9.84 Å². The molecule has 0 saturated carbocycles. The number of nitrogens with zero attached hydrogens (tertiary/aromatic N) is 2. The predicted molar refractivity (Wildman–Crippen MR) is 72.1 cm³/mol. The summed E-state index contributed by atoms with van der Waals surface area (Å²) < 4.78 is 6.76. The molecule has 1 aromatic rings. The van der Waals surface area contributed by atoms with E-state index in [2.05, 4.69) is 10.4 Å². The summed E-state index contributed by atoms with van der Waals surface area (Å²) in [7, 11) is 1.65. The van der Waals surface area contributed by atoms with Gasteiger partial charge in [-0.1, -0.05) is 11.6 Å². The third-order valence-corrected chi connectivity index (χ3v) is 3.24. The van der Waals surface area contributed by atoms with Gasteiger partial charge in [0.15, 0.2) is 0 Å². The molecule has 5 nitrogen and oxygen atoms in total. The first-order valence-corrected chi connectivity index (χ1v) is 6.57. The molecule has 1 unspecified atom stereocenters. The molecule has 0 amide bonds. The van der Waals surface area contributed by atoms with Gasteiger partial charge in [0.1, 0.15) is 0 Å². The van der Waals surface area contributed by atoms with Gasteiger partial charge in [-0.2, -0.15) is 5.10 Å². The standard InChI is InChI=1S/C12H22ClN3O2/c1-4-16-11(12(13)9(2)15-16)7-10(17)8-14-5-6-18-3/h10,14,17H,4-8H2,1-3H3. The number of hydrogen-bond donors (Lipinski definition) is 2. The van der Waals surface area contributed by atoms with Crippen molar-refractivity contribution >= 4 is 11.6 Å². The molecule has 0 aromatic carbocycles. The number of rotatable bonds is 8. The van der Waals surface area contributed by atoms with Crippen molar-refractivity contribution in [1.29, 1.82) is 0 Å². The highest BCUT2D eigenvalue weighted by atomic mass is 35.5. The highest BCUT2D eigenvalue weighted by molar-refractivity contribution is 6.31. The number of ether oxygens (including phenoxy) is 1. The molecule has 6 heteroatoms. The molecule has 1 atom stereocenters. The van der Waals surface area contributed by atoms with Crippen LogP contribution in [0.3, 0.4) is 0 Å². The van der Waals surface area contributed by atoms with E-state index in [4.69, 9.17) is 16.3 Å². The summed E-state index contributed by atoms with van der Waals surface area (Å²) in [6, 6.07) is 0. The number of aromatic nitrogens is 2.